The Labute approximate surface area is 97.8 Å². The molecule has 2 atom stereocenters. The molecule has 1 heterocycles. The van der Waals surface area contributed by atoms with E-state index in [1.165, 1.54) is 0 Å². The molecule has 3 amide bonds. The van der Waals surface area contributed by atoms with E-state index in [1.54, 1.807) is 20.8 Å². The Balaban J connectivity index is 2.47. The third-order valence-corrected chi connectivity index (χ3v) is 1.79. The van der Waals surface area contributed by atoms with Crippen molar-refractivity contribution in [2.24, 2.45) is 5.73 Å². The van der Waals surface area contributed by atoms with Crippen LogP contribution in [-0.2, 0) is 14.3 Å². The van der Waals surface area contributed by atoms with E-state index < -0.39 is 36.0 Å². The number of ether oxygens (including phenoxy) is 2. The molecule has 8 heteroatoms. The van der Waals surface area contributed by atoms with Crippen molar-refractivity contribution in [2.45, 2.75) is 38.6 Å². The van der Waals surface area contributed by atoms with Crippen molar-refractivity contribution in [3.8, 4) is 0 Å². The number of hydrogen-bond donors (Lipinski definition) is 3. The molecule has 4 N–H and O–H groups in total. The molecule has 0 unspecified atom stereocenters. The summed E-state index contributed by atoms with van der Waals surface area (Å²) in [6.45, 7) is 5.06. The van der Waals surface area contributed by atoms with E-state index in [2.05, 4.69) is 15.4 Å². The number of carbonyl (C=O) groups is 3. The third-order valence-electron chi connectivity index (χ3n) is 1.79. The van der Waals surface area contributed by atoms with E-state index in [4.69, 9.17) is 10.5 Å². The van der Waals surface area contributed by atoms with E-state index in [0.29, 0.717) is 0 Å². The second-order valence-corrected chi connectivity index (χ2v) is 4.49. The minimum absolute atomic E-state index is 0.470. The fourth-order valence-corrected chi connectivity index (χ4v) is 1.15. The molecule has 1 aliphatic rings. The van der Waals surface area contributed by atoms with Crippen LogP contribution < -0.4 is 16.4 Å². The average molecular weight is 245 g/mol. The fourth-order valence-electron chi connectivity index (χ4n) is 1.15. The highest BCUT2D eigenvalue weighted by molar-refractivity contribution is 5.92. The maximum atomic E-state index is 11.4. The molecule has 0 aromatic rings. The van der Waals surface area contributed by atoms with Crippen LogP contribution in [0.15, 0.2) is 0 Å². The summed E-state index contributed by atoms with van der Waals surface area (Å²) >= 11 is 0. The smallest absolute Gasteiger partial charge is 0.408 e. The van der Waals surface area contributed by atoms with Crippen molar-refractivity contribution >= 4 is 18.1 Å². The molecule has 1 rings (SSSR count). The number of carbonyl (C=O) groups excluding carboxylic acids is 3. The summed E-state index contributed by atoms with van der Waals surface area (Å²) in [6, 6.07) is -0.975. The van der Waals surface area contributed by atoms with Crippen LogP contribution in [0.5, 0.6) is 0 Å². The average Bonchev–Trinajstić information content (AvgIpc) is 2.10. The van der Waals surface area contributed by atoms with Crippen LogP contribution in [0.2, 0.25) is 0 Å². The first-order valence-electron chi connectivity index (χ1n) is 4.95. The van der Waals surface area contributed by atoms with Gasteiger partial charge in [-0.15, -0.1) is 0 Å². The zero-order valence-electron chi connectivity index (χ0n) is 9.77. The summed E-state index contributed by atoms with van der Waals surface area (Å²) in [7, 11) is 0. The van der Waals surface area contributed by atoms with Crippen molar-refractivity contribution in [3.05, 3.63) is 0 Å². The van der Waals surface area contributed by atoms with E-state index in [1.807, 2.05) is 0 Å². The van der Waals surface area contributed by atoms with E-state index in [9.17, 15) is 14.4 Å². The first kappa shape index (κ1) is 13.1. The topological polar surface area (TPSA) is 120 Å². The monoisotopic (exact) mass is 245 g/mol. The van der Waals surface area contributed by atoms with E-state index in [-0.39, 0.29) is 0 Å². The lowest BCUT2D eigenvalue weighted by Gasteiger charge is -2.35. The molecule has 1 fully saturated rings. The predicted molar refractivity (Wildman–Crippen MR) is 55.8 cm³/mol. The van der Waals surface area contributed by atoms with Gasteiger partial charge in [-0.05, 0) is 20.8 Å². The van der Waals surface area contributed by atoms with Crippen LogP contribution in [0.25, 0.3) is 0 Å². The van der Waals surface area contributed by atoms with E-state index >= 15 is 0 Å². The van der Waals surface area contributed by atoms with Crippen molar-refractivity contribution in [3.63, 3.8) is 0 Å². The number of alkyl carbamates (subject to hydrolysis) is 1. The number of primary amides is 1. The Morgan fingerprint density at radius 3 is 2.41 bits per heavy atom. The number of hydrogen-bond acceptors (Lipinski definition) is 5. The first-order chi connectivity index (χ1) is 7.69. The molecular weight excluding hydrogens is 230 g/mol. The van der Waals surface area contributed by atoms with Gasteiger partial charge in [0, 0.05) is 0 Å². The number of β-lactam (4-membered cyclic amide) rings is 1. The van der Waals surface area contributed by atoms with Crippen molar-refractivity contribution in [1.29, 1.82) is 0 Å². The van der Waals surface area contributed by atoms with Gasteiger partial charge >= 0.3 is 12.2 Å². The quantitative estimate of drug-likeness (QED) is 0.563. The summed E-state index contributed by atoms with van der Waals surface area (Å²) in [6.07, 6.45) is -2.76. The third kappa shape index (κ3) is 3.82. The lowest BCUT2D eigenvalue weighted by Crippen LogP contribution is -2.70. The van der Waals surface area contributed by atoms with Crippen LogP contribution >= 0.6 is 0 Å². The second-order valence-electron chi connectivity index (χ2n) is 4.49. The summed E-state index contributed by atoms with van der Waals surface area (Å²) in [5.41, 5.74) is 4.11. The van der Waals surface area contributed by atoms with Gasteiger partial charge in [-0.25, -0.2) is 9.59 Å². The van der Waals surface area contributed by atoms with Gasteiger partial charge in [-0.2, -0.15) is 0 Å². The van der Waals surface area contributed by atoms with Gasteiger partial charge < -0.3 is 25.8 Å². The molecule has 1 saturated heterocycles. The van der Waals surface area contributed by atoms with Crippen LogP contribution in [-0.4, -0.2) is 36.0 Å². The zero-order chi connectivity index (χ0) is 13.2. The van der Waals surface area contributed by atoms with Crippen LogP contribution in [0.1, 0.15) is 20.8 Å². The molecule has 17 heavy (non-hydrogen) atoms. The number of rotatable bonds is 2. The molecule has 0 aliphatic carbocycles. The maximum absolute atomic E-state index is 11.4. The molecule has 96 valence electrons. The highest BCUT2D eigenvalue weighted by Gasteiger charge is 2.43. The summed E-state index contributed by atoms with van der Waals surface area (Å²) in [5, 5.41) is 4.53. The highest BCUT2D eigenvalue weighted by atomic mass is 16.6. The molecule has 0 saturated carbocycles. The van der Waals surface area contributed by atoms with Gasteiger partial charge in [-0.3, -0.25) is 4.79 Å². The fraction of sp³-hybridized carbons (Fsp3) is 0.667. The van der Waals surface area contributed by atoms with Crippen LogP contribution in [0.4, 0.5) is 9.59 Å². The molecule has 0 spiro atoms. The van der Waals surface area contributed by atoms with Gasteiger partial charge in [0.15, 0.2) is 6.04 Å². The highest BCUT2D eigenvalue weighted by Crippen LogP contribution is 2.11. The number of amides is 3. The Bertz CT molecular complexity index is 349. The first-order valence-corrected chi connectivity index (χ1v) is 4.95. The lowest BCUT2D eigenvalue weighted by molar-refractivity contribution is -0.141. The van der Waals surface area contributed by atoms with Crippen molar-refractivity contribution in [2.75, 3.05) is 0 Å². The van der Waals surface area contributed by atoms with Gasteiger partial charge in [0.1, 0.15) is 5.60 Å². The second kappa shape index (κ2) is 4.48. The maximum Gasteiger partial charge on any atom is 0.408 e. The minimum Gasteiger partial charge on any atom is -0.444 e. The zero-order valence-corrected chi connectivity index (χ0v) is 9.77. The molecular formula is C9H15N3O5. The predicted octanol–water partition coefficient (Wildman–Crippen LogP) is -0.569. The van der Waals surface area contributed by atoms with Crippen molar-refractivity contribution < 1.29 is 23.9 Å². The van der Waals surface area contributed by atoms with Gasteiger partial charge in [0.25, 0.3) is 5.91 Å². The van der Waals surface area contributed by atoms with Gasteiger partial charge in [0.2, 0.25) is 6.23 Å². The summed E-state index contributed by atoms with van der Waals surface area (Å²) < 4.78 is 9.48. The molecule has 0 aromatic carbocycles. The number of nitrogens with two attached hydrogens (primary N) is 1. The molecule has 0 radical (unpaired) electrons. The standard InChI is InChI=1S/C9H15N3O5/c1-9(2,3)17-8(15)11-4-5(13)12-6(4)16-7(10)14/h4,6H,1-3H3,(H2,10,14)(H,11,15)(H,12,13)/t4-,6+/m1/s1. The van der Waals surface area contributed by atoms with Crippen molar-refractivity contribution in [1.82, 2.24) is 10.6 Å². The summed E-state index contributed by atoms with van der Waals surface area (Å²) in [5.74, 6) is -0.470. The Morgan fingerprint density at radius 2 is 2.00 bits per heavy atom. The van der Waals surface area contributed by atoms with Crippen LogP contribution in [0, 0.1) is 0 Å². The minimum atomic E-state index is -1.04. The molecule has 0 aromatic heterocycles. The molecule has 0 bridgehead atoms. The van der Waals surface area contributed by atoms with Gasteiger partial charge in [-0.1, -0.05) is 0 Å². The normalized spacial score (nSPS) is 23.1. The Kier molecular flexibility index (Phi) is 3.45. The SMILES string of the molecule is CC(C)(C)OC(=O)N[C@@H]1C(=O)N[C@H]1OC(N)=O. The lowest BCUT2D eigenvalue weighted by atomic mass is 10.1. The summed E-state index contributed by atoms with van der Waals surface area (Å²) in [4.78, 5) is 32.9. The Morgan fingerprint density at radius 1 is 1.41 bits per heavy atom. The molecule has 8 nitrogen and oxygen atoms in total. The largest absolute Gasteiger partial charge is 0.444 e. The van der Waals surface area contributed by atoms with Gasteiger partial charge in [0.05, 0.1) is 0 Å². The Hall–Kier alpha value is -1.99. The molecule has 1 aliphatic heterocycles. The van der Waals surface area contributed by atoms with Crippen LogP contribution in [0.3, 0.4) is 0 Å². The number of nitrogens with one attached hydrogen (secondary N) is 2. The van der Waals surface area contributed by atoms with E-state index in [0.717, 1.165) is 0 Å².